The molecule has 466 valence electrons. The monoisotopic (exact) mass is 1130 g/mol. The minimum atomic E-state index is -0.787. The fourth-order valence-corrected chi connectivity index (χ4v) is 9.93. The molecule has 0 rings (SSSR count). The molecule has 6 heteroatoms. The highest BCUT2D eigenvalue weighted by atomic mass is 16.6. The van der Waals surface area contributed by atoms with Crippen LogP contribution in [0, 0.1) is 0 Å². The van der Waals surface area contributed by atoms with Crippen molar-refractivity contribution in [1.29, 1.82) is 0 Å². The minimum Gasteiger partial charge on any atom is -0.462 e. The van der Waals surface area contributed by atoms with E-state index in [1.165, 1.54) is 180 Å². The maximum absolute atomic E-state index is 12.9. The summed E-state index contributed by atoms with van der Waals surface area (Å²) in [5.74, 6) is -0.887. The van der Waals surface area contributed by atoms with Crippen LogP contribution >= 0.6 is 0 Å². The molecular formula is C75H130O6. The van der Waals surface area contributed by atoms with Gasteiger partial charge < -0.3 is 14.2 Å². The highest BCUT2D eigenvalue weighted by Crippen LogP contribution is 2.17. The van der Waals surface area contributed by atoms with E-state index in [1.807, 2.05) is 0 Å². The van der Waals surface area contributed by atoms with E-state index >= 15 is 0 Å². The smallest absolute Gasteiger partial charge is 0.306 e. The van der Waals surface area contributed by atoms with E-state index in [1.54, 1.807) is 0 Å². The van der Waals surface area contributed by atoms with Gasteiger partial charge >= 0.3 is 17.9 Å². The Morgan fingerprint density at radius 3 is 0.753 bits per heavy atom. The quantitative estimate of drug-likeness (QED) is 0.0261. The lowest BCUT2D eigenvalue weighted by atomic mass is 10.0. The van der Waals surface area contributed by atoms with Gasteiger partial charge in [-0.15, -0.1) is 0 Å². The number of unbranched alkanes of at least 4 members (excludes halogenated alkanes) is 36. The topological polar surface area (TPSA) is 78.9 Å². The Hall–Kier alpha value is -3.67. The lowest BCUT2D eigenvalue weighted by Crippen LogP contribution is -2.30. The molecule has 0 aromatic carbocycles. The second-order valence-electron chi connectivity index (χ2n) is 23.1. The second-order valence-corrected chi connectivity index (χ2v) is 23.1. The summed E-state index contributed by atoms with van der Waals surface area (Å²) in [7, 11) is 0. The Labute approximate surface area is 502 Å². The maximum Gasteiger partial charge on any atom is 0.306 e. The summed E-state index contributed by atoms with van der Waals surface area (Å²) in [6, 6.07) is 0. The van der Waals surface area contributed by atoms with Gasteiger partial charge in [0.15, 0.2) is 6.10 Å². The molecular weight excluding hydrogens is 997 g/mol. The van der Waals surface area contributed by atoms with Crippen molar-refractivity contribution in [2.45, 2.75) is 348 Å². The predicted octanol–water partition coefficient (Wildman–Crippen LogP) is 24.0. The van der Waals surface area contributed by atoms with E-state index in [0.29, 0.717) is 19.3 Å². The van der Waals surface area contributed by atoms with Crippen LogP contribution in [0.3, 0.4) is 0 Å². The van der Waals surface area contributed by atoms with Crippen LogP contribution in [-0.2, 0) is 28.6 Å². The molecule has 0 saturated heterocycles. The van der Waals surface area contributed by atoms with Gasteiger partial charge in [-0.05, 0) is 83.5 Å². The first kappa shape index (κ1) is 77.3. The first-order chi connectivity index (χ1) is 40.0. The molecule has 0 N–H and O–H groups in total. The van der Waals surface area contributed by atoms with Gasteiger partial charge in [-0.25, -0.2) is 0 Å². The zero-order chi connectivity index (χ0) is 58.5. The Morgan fingerprint density at radius 1 is 0.259 bits per heavy atom. The van der Waals surface area contributed by atoms with Gasteiger partial charge in [0.2, 0.25) is 0 Å². The fourth-order valence-electron chi connectivity index (χ4n) is 9.93. The van der Waals surface area contributed by atoms with Gasteiger partial charge in [0.05, 0.1) is 0 Å². The average Bonchev–Trinajstić information content (AvgIpc) is 3.47. The number of rotatable bonds is 63. The third-order valence-corrected chi connectivity index (χ3v) is 15.1. The number of carbonyl (C=O) groups excluding carboxylic acids is 3. The van der Waals surface area contributed by atoms with Crippen LogP contribution in [0.25, 0.3) is 0 Å². The van der Waals surface area contributed by atoms with E-state index in [9.17, 15) is 14.4 Å². The summed E-state index contributed by atoms with van der Waals surface area (Å²) in [6.07, 6.45) is 92.8. The van der Waals surface area contributed by atoms with E-state index in [0.717, 1.165) is 122 Å². The Balaban J connectivity index is 4.38. The van der Waals surface area contributed by atoms with Crippen molar-refractivity contribution in [3.63, 3.8) is 0 Å². The molecule has 0 spiro atoms. The molecule has 0 amide bonds. The van der Waals surface area contributed by atoms with Crippen molar-refractivity contribution in [2.24, 2.45) is 0 Å². The van der Waals surface area contributed by atoms with Crippen molar-refractivity contribution in [3.05, 3.63) is 97.2 Å². The highest BCUT2D eigenvalue weighted by Gasteiger charge is 2.19. The molecule has 0 aliphatic heterocycles. The summed E-state index contributed by atoms with van der Waals surface area (Å²) in [5, 5.41) is 0. The Morgan fingerprint density at radius 2 is 0.481 bits per heavy atom. The molecule has 0 bridgehead atoms. The van der Waals surface area contributed by atoms with Crippen LogP contribution < -0.4 is 0 Å². The minimum absolute atomic E-state index is 0.0807. The molecule has 0 fully saturated rings. The van der Waals surface area contributed by atoms with E-state index < -0.39 is 6.10 Å². The first-order valence-corrected chi connectivity index (χ1v) is 34.7. The zero-order valence-electron chi connectivity index (χ0n) is 53.5. The summed E-state index contributed by atoms with van der Waals surface area (Å²) in [6.45, 7) is 6.56. The van der Waals surface area contributed by atoms with E-state index in [2.05, 4.69) is 118 Å². The maximum atomic E-state index is 12.9. The molecule has 0 heterocycles. The molecule has 1 unspecified atom stereocenters. The SMILES string of the molecule is CC/C=C\C/C=C\C/C=C\C/C=C\C/C=C\C/C=C\C/C=C\C/C=C\CCCCCCC(=O)OCC(COC(=O)CCCCCCCCCCCCCCCCCCC)OC(=O)CCCCCCCCCCCCCCCCCCC. The molecule has 0 aliphatic rings. The highest BCUT2D eigenvalue weighted by molar-refractivity contribution is 5.71. The second kappa shape index (κ2) is 68.8. The van der Waals surface area contributed by atoms with Crippen molar-refractivity contribution in [1.82, 2.24) is 0 Å². The molecule has 0 aliphatic carbocycles. The Kier molecular flexibility index (Phi) is 65.7. The van der Waals surface area contributed by atoms with Crippen molar-refractivity contribution < 1.29 is 28.6 Å². The van der Waals surface area contributed by atoms with Crippen LogP contribution in [0.15, 0.2) is 97.2 Å². The standard InChI is InChI=1S/C75H130O6/c1-4-7-10-13-16-19-22-25-28-31-32-33-34-35-36-37-38-39-40-41-42-45-47-50-53-56-59-62-65-68-74(77)80-71-72(81-75(78)69-66-63-60-57-54-51-48-44-30-27-24-21-18-15-12-9-6-3)70-79-73(76)67-64-61-58-55-52-49-46-43-29-26-23-20-17-14-11-8-5-2/h7,10,16,19,25,28,32-33,35-36,38-39,41-42,47,50,72H,4-6,8-9,11-15,17-18,20-24,26-27,29-31,34,37,40,43-46,48-49,51-71H2,1-3H3/b10-7-,19-16-,28-25-,33-32-,36-35-,39-38-,42-41-,50-47-. The summed E-state index contributed by atoms with van der Waals surface area (Å²) >= 11 is 0. The molecule has 0 aromatic heterocycles. The van der Waals surface area contributed by atoms with Gasteiger partial charge in [-0.1, -0.05) is 336 Å². The number of allylic oxidation sites excluding steroid dienone is 16. The molecule has 0 saturated carbocycles. The predicted molar refractivity (Wildman–Crippen MR) is 353 cm³/mol. The van der Waals surface area contributed by atoms with Crippen molar-refractivity contribution in [3.8, 4) is 0 Å². The van der Waals surface area contributed by atoms with Gasteiger partial charge in [0.25, 0.3) is 0 Å². The Bertz CT molecular complexity index is 1580. The first-order valence-electron chi connectivity index (χ1n) is 34.7. The third-order valence-electron chi connectivity index (χ3n) is 15.1. The number of ether oxygens (including phenoxy) is 3. The van der Waals surface area contributed by atoms with Gasteiger partial charge in [0.1, 0.15) is 13.2 Å². The average molecular weight is 1130 g/mol. The van der Waals surface area contributed by atoms with E-state index in [-0.39, 0.29) is 31.1 Å². The van der Waals surface area contributed by atoms with Gasteiger partial charge in [-0.2, -0.15) is 0 Å². The van der Waals surface area contributed by atoms with Crippen LogP contribution in [0.5, 0.6) is 0 Å². The fraction of sp³-hybridized carbons (Fsp3) is 0.747. The van der Waals surface area contributed by atoms with Crippen LogP contribution in [0.4, 0.5) is 0 Å². The zero-order valence-corrected chi connectivity index (χ0v) is 53.5. The lowest BCUT2D eigenvalue weighted by molar-refractivity contribution is -0.167. The summed E-state index contributed by atoms with van der Waals surface area (Å²) < 4.78 is 17.0. The largest absolute Gasteiger partial charge is 0.462 e. The summed E-state index contributed by atoms with van der Waals surface area (Å²) in [4.78, 5) is 38.4. The van der Waals surface area contributed by atoms with Crippen LogP contribution in [0.1, 0.15) is 342 Å². The van der Waals surface area contributed by atoms with Gasteiger partial charge in [0, 0.05) is 19.3 Å². The third kappa shape index (κ3) is 67.0. The molecule has 81 heavy (non-hydrogen) atoms. The number of esters is 3. The van der Waals surface area contributed by atoms with Crippen molar-refractivity contribution in [2.75, 3.05) is 13.2 Å². The lowest BCUT2D eigenvalue weighted by Gasteiger charge is -2.18. The molecule has 0 aromatic rings. The van der Waals surface area contributed by atoms with Crippen LogP contribution in [0.2, 0.25) is 0 Å². The number of hydrogen-bond acceptors (Lipinski definition) is 6. The number of carbonyl (C=O) groups is 3. The van der Waals surface area contributed by atoms with E-state index in [4.69, 9.17) is 14.2 Å². The molecule has 6 nitrogen and oxygen atoms in total. The number of hydrogen-bond donors (Lipinski definition) is 0. The van der Waals surface area contributed by atoms with Crippen molar-refractivity contribution >= 4 is 17.9 Å². The molecule has 1 atom stereocenters. The molecule has 0 radical (unpaired) electrons. The van der Waals surface area contributed by atoms with Crippen LogP contribution in [-0.4, -0.2) is 37.2 Å². The normalized spacial score (nSPS) is 12.7. The summed E-state index contributed by atoms with van der Waals surface area (Å²) in [5.41, 5.74) is 0. The van der Waals surface area contributed by atoms with Gasteiger partial charge in [-0.3, -0.25) is 14.4 Å².